The van der Waals surface area contributed by atoms with Crippen molar-refractivity contribution in [2.45, 2.75) is 23.9 Å². The van der Waals surface area contributed by atoms with Crippen LogP contribution in [0.2, 0.25) is 0 Å². The number of hydrogen-bond donors (Lipinski definition) is 1. The fourth-order valence-electron chi connectivity index (χ4n) is 2.73. The molecule has 4 nitrogen and oxygen atoms in total. The smallest absolute Gasteiger partial charge is 0.319 e. The van der Waals surface area contributed by atoms with Gasteiger partial charge in [0.1, 0.15) is 5.82 Å². The number of halogens is 4. The number of nitrogens with zero attached hydrogens (tertiary/aromatic N) is 1. The first-order chi connectivity index (χ1) is 10.7. The lowest BCUT2D eigenvalue weighted by Gasteiger charge is -2.31. The predicted octanol–water partition coefficient (Wildman–Crippen LogP) is 2.46. The minimum absolute atomic E-state index is 0.156. The largest absolute Gasteiger partial charge is 0.417 e. The van der Waals surface area contributed by atoms with Gasteiger partial charge in [0, 0.05) is 13.1 Å². The maximum atomic E-state index is 13.1. The van der Waals surface area contributed by atoms with Crippen LogP contribution in [0.1, 0.15) is 18.4 Å². The van der Waals surface area contributed by atoms with E-state index in [1.54, 1.807) is 7.05 Å². The molecule has 130 valence electrons. The van der Waals surface area contributed by atoms with E-state index in [0.717, 1.165) is 16.9 Å². The van der Waals surface area contributed by atoms with Crippen molar-refractivity contribution < 1.29 is 26.0 Å². The first kappa shape index (κ1) is 18.2. The van der Waals surface area contributed by atoms with Gasteiger partial charge in [-0.05, 0) is 50.6 Å². The van der Waals surface area contributed by atoms with E-state index in [4.69, 9.17) is 0 Å². The summed E-state index contributed by atoms with van der Waals surface area (Å²) < 4.78 is 78.3. The molecule has 1 aromatic rings. The maximum Gasteiger partial charge on any atom is 0.417 e. The van der Waals surface area contributed by atoms with E-state index in [1.165, 1.54) is 0 Å². The van der Waals surface area contributed by atoms with Crippen molar-refractivity contribution in [3.8, 4) is 0 Å². The summed E-state index contributed by atoms with van der Waals surface area (Å²) in [7, 11) is -2.52. The van der Waals surface area contributed by atoms with E-state index in [-0.39, 0.29) is 19.2 Å². The zero-order valence-corrected chi connectivity index (χ0v) is 13.3. The normalized spacial score (nSPS) is 18.3. The first-order valence-electron chi connectivity index (χ1n) is 7.17. The molecule has 0 spiro atoms. The Morgan fingerprint density at radius 3 is 2.39 bits per heavy atom. The second-order valence-corrected chi connectivity index (χ2v) is 7.45. The standard InChI is InChI=1S/C14H18F4N2O2S/c1-19-9-10-4-6-20(7-5-10)23(21,22)13-3-2-11(15)8-12(13)14(16,17)18/h2-3,8,10,19H,4-7,9H2,1H3. The molecule has 1 N–H and O–H groups in total. The number of nitrogens with one attached hydrogen (secondary N) is 1. The minimum atomic E-state index is -4.94. The van der Waals surface area contributed by atoms with E-state index in [0.29, 0.717) is 24.8 Å². The molecule has 0 aliphatic carbocycles. The van der Waals surface area contributed by atoms with E-state index < -0.39 is 32.5 Å². The average molecular weight is 354 g/mol. The molecule has 1 aliphatic rings. The zero-order chi connectivity index (χ0) is 17.3. The molecule has 0 aromatic heterocycles. The van der Waals surface area contributed by atoms with Crippen LogP contribution in [0.5, 0.6) is 0 Å². The fraction of sp³-hybridized carbons (Fsp3) is 0.571. The van der Waals surface area contributed by atoms with Crippen molar-refractivity contribution in [3.05, 3.63) is 29.6 Å². The second-order valence-electron chi connectivity index (χ2n) is 5.54. The Morgan fingerprint density at radius 1 is 1.26 bits per heavy atom. The number of sulfonamides is 1. The Balaban J connectivity index is 2.31. The number of piperidine rings is 1. The maximum absolute atomic E-state index is 13.1. The Morgan fingerprint density at radius 2 is 1.87 bits per heavy atom. The summed E-state index contributed by atoms with van der Waals surface area (Å²) in [6.45, 7) is 1.05. The van der Waals surface area contributed by atoms with Crippen molar-refractivity contribution in [1.29, 1.82) is 0 Å². The molecule has 23 heavy (non-hydrogen) atoms. The molecule has 0 radical (unpaired) electrons. The van der Waals surface area contributed by atoms with Crippen LogP contribution < -0.4 is 5.32 Å². The van der Waals surface area contributed by atoms with Gasteiger partial charge in [-0.3, -0.25) is 0 Å². The minimum Gasteiger partial charge on any atom is -0.319 e. The summed E-state index contributed by atoms with van der Waals surface area (Å²) in [6, 6.07) is 1.64. The third-order valence-electron chi connectivity index (χ3n) is 3.93. The quantitative estimate of drug-likeness (QED) is 0.845. The van der Waals surface area contributed by atoms with Gasteiger partial charge in [-0.25, -0.2) is 12.8 Å². The molecule has 1 heterocycles. The van der Waals surface area contributed by atoms with Crippen LogP contribution in [-0.4, -0.2) is 39.4 Å². The molecule has 0 atom stereocenters. The highest BCUT2D eigenvalue weighted by Gasteiger charge is 2.40. The van der Waals surface area contributed by atoms with Crippen molar-refractivity contribution in [2.75, 3.05) is 26.7 Å². The third-order valence-corrected chi connectivity index (χ3v) is 5.89. The van der Waals surface area contributed by atoms with Gasteiger partial charge in [-0.2, -0.15) is 17.5 Å². The van der Waals surface area contributed by atoms with Gasteiger partial charge in [-0.1, -0.05) is 0 Å². The van der Waals surface area contributed by atoms with Gasteiger partial charge in [0.2, 0.25) is 10.0 Å². The molecule has 0 bridgehead atoms. The van der Waals surface area contributed by atoms with E-state index >= 15 is 0 Å². The van der Waals surface area contributed by atoms with E-state index in [9.17, 15) is 26.0 Å². The molecule has 1 aromatic carbocycles. The lowest BCUT2D eigenvalue weighted by Crippen LogP contribution is -2.41. The Kier molecular flexibility index (Phi) is 5.32. The summed E-state index contributed by atoms with van der Waals surface area (Å²) in [5.41, 5.74) is -1.46. The number of rotatable bonds is 4. The molecule has 0 unspecified atom stereocenters. The molecule has 0 saturated carbocycles. The van der Waals surface area contributed by atoms with Crippen LogP contribution in [0, 0.1) is 11.7 Å². The van der Waals surface area contributed by atoms with E-state index in [1.807, 2.05) is 0 Å². The summed E-state index contributed by atoms with van der Waals surface area (Å²) in [6.07, 6.45) is -3.79. The van der Waals surface area contributed by atoms with Gasteiger partial charge in [0.05, 0.1) is 10.5 Å². The molecular formula is C14H18F4N2O2S. The lowest BCUT2D eigenvalue weighted by molar-refractivity contribution is -0.140. The van der Waals surface area contributed by atoms with Gasteiger partial charge < -0.3 is 5.32 Å². The summed E-state index contributed by atoms with van der Waals surface area (Å²) in [5, 5.41) is 3.00. The monoisotopic (exact) mass is 354 g/mol. The summed E-state index contributed by atoms with van der Waals surface area (Å²) >= 11 is 0. The first-order valence-corrected chi connectivity index (χ1v) is 8.61. The van der Waals surface area contributed by atoms with Crippen molar-refractivity contribution in [3.63, 3.8) is 0 Å². The lowest BCUT2D eigenvalue weighted by atomic mass is 9.98. The molecule has 0 amide bonds. The third kappa shape index (κ3) is 4.02. The van der Waals surface area contributed by atoms with Crippen LogP contribution in [0.25, 0.3) is 0 Å². The molecular weight excluding hydrogens is 336 g/mol. The highest BCUT2D eigenvalue weighted by Crippen LogP contribution is 2.36. The van der Waals surface area contributed by atoms with E-state index in [2.05, 4.69) is 5.32 Å². The zero-order valence-electron chi connectivity index (χ0n) is 12.5. The molecule has 2 rings (SSSR count). The highest BCUT2D eigenvalue weighted by molar-refractivity contribution is 7.89. The fourth-order valence-corrected chi connectivity index (χ4v) is 4.39. The van der Waals surface area contributed by atoms with Crippen LogP contribution in [-0.2, 0) is 16.2 Å². The topological polar surface area (TPSA) is 49.4 Å². The second kappa shape index (κ2) is 6.74. The van der Waals surface area contributed by atoms with Gasteiger partial charge in [0.25, 0.3) is 0 Å². The highest BCUT2D eigenvalue weighted by atomic mass is 32.2. The van der Waals surface area contributed by atoms with Crippen molar-refractivity contribution >= 4 is 10.0 Å². The van der Waals surface area contributed by atoms with Gasteiger partial charge >= 0.3 is 6.18 Å². The SMILES string of the molecule is CNCC1CCN(S(=O)(=O)c2ccc(F)cc2C(F)(F)F)CC1. The van der Waals surface area contributed by atoms with Crippen molar-refractivity contribution in [1.82, 2.24) is 9.62 Å². The van der Waals surface area contributed by atoms with Crippen LogP contribution in [0.4, 0.5) is 17.6 Å². The molecule has 1 fully saturated rings. The van der Waals surface area contributed by atoms with Gasteiger partial charge in [0.15, 0.2) is 0 Å². The average Bonchev–Trinajstić information content (AvgIpc) is 2.47. The van der Waals surface area contributed by atoms with Crippen LogP contribution in [0.3, 0.4) is 0 Å². The van der Waals surface area contributed by atoms with Crippen LogP contribution >= 0.6 is 0 Å². The number of benzene rings is 1. The number of hydrogen-bond acceptors (Lipinski definition) is 3. The molecule has 1 saturated heterocycles. The van der Waals surface area contributed by atoms with Crippen molar-refractivity contribution in [2.24, 2.45) is 5.92 Å². The summed E-state index contributed by atoms with van der Waals surface area (Å²) in [4.78, 5) is -0.890. The van der Waals surface area contributed by atoms with Gasteiger partial charge in [-0.15, -0.1) is 0 Å². The molecule has 9 heteroatoms. The summed E-state index contributed by atoms with van der Waals surface area (Å²) in [5.74, 6) is -0.828. The Labute approximate surface area is 132 Å². The Bertz CT molecular complexity index is 653. The van der Waals surface area contributed by atoms with Crippen LogP contribution in [0.15, 0.2) is 23.1 Å². The molecule has 1 aliphatic heterocycles. The predicted molar refractivity (Wildman–Crippen MR) is 76.8 cm³/mol. The Hall–Kier alpha value is -1.19. The number of alkyl halides is 3.